The van der Waals surface area contributed by atoms with Crippen LogP contribution in [0.2, 0.25) is 0 Å². The number of carbonyl (C=O) groups is 1. The molecule has 0 N–H and O–H groups in total. The fraction of sp³-hybridized carbons (Fsp3) is 0.667. The molecule has 3 aliphatic rings. The zero-order valence-electron chi connectivity index (χ0n) is 11.1. The molecule has 1 aliphatic carbocycles. The third-order valence-corrected chi connectivity index (χ3v) is 4.26. The summed E-state index contributed by atoms with van der Waals surface area (Å²) in [5.74, 6) is 0.758. The van der Waals surface area contributed by atoms with Crippen LogP contribution in [0.5, 0.6) is 0 Å². The molecular weight excluding hydrogens is 228 g/mol. The van der Waals surface area contributed by atoms with Gasteiger partial charge in [-0.2, -0.15) is 0 Å². The van der Waals surface area contributed by atoms with E-state index in [4.69, 9.17) is 9.47 Å². The molecule has 3 nitrogen and oxygen atoms in total. The van der Waals surface area contributed by atoms with Gasteiger partial charge in [0.15, 0.2) is 11.4 Å². The van der Waals surface area contributed by atoms with Crippen molar-refractivity contribution in [3.63, 3.8) is 0 Å². The van der Waals surface area contributed by atoms with Crippen molar-refractivity contribution in [3.05, 3.63) is 23.5 Å². The predicted molar refractivity (Wildman–Crippen MR) is 67.8 cm³/mol. The molecule has 0 aromatic heterocycles. The molecule has 18 heavy (non-hydrogen) atoms. The Morgan fingerprint density at radius 3 is 2.61 bits per heavy atom. The standard InChI is InChI=1S/C15H20O3/c1-10-6-7-11(2)17-13-12(10)14(16)18-15(13)8-4-3-5-9-15/h6-7,10-11H,3-5,8-9H2,1-2H3. The van der Waals surface area contributed by atoms with Gasteiger partial charge >= 0.3 is 5.97 Å². The average molecular weight is 248 g/mol. The van der Waals surface area contributed by atoms with Gasteiger partial charge in [0.2, 0.25) is 0 Å². The Hall–Kier alpha value is -1.25. The molecule has 0 saturated heterocycles. The lowest BCUT2D eigenvalue weighted by Gasteiger charge is -2.34. The first kappa shape index (κ1) is 11.8. The van der Waals surface area contributed by atoms with Gasteiger partial charge in [0.25, 0.3) is 0 Å². The van der Waals surface area contributed by atoms with Crippen molar-refractivity contribution in [2.75, 3.05) is 0 Å². The van der Waals surface area contributed by atoms with E-state index >= 15 is 0 Å². The molecular formula is C15H20O3. The van der Waals surface area contributed by atoms with Crippen LogP contribution < -0.4 is 0 Å². The smallest absolute Gasteiger partial charge is 0.339 e. The van der Waals surface area contributed by atoms with Crippen molar-refractivity contribution in [2.24, 2.45) is 5.92 Å². The SMILES string of the molecule is CC1C=CC(C)C2=C(O1)C1(CCCCC1)OC2=O. The first-order valence-corrected chi connectivity index (χ1v) is 6.95. The second-order valence-corrected chi connectivity index (χ2v) is 5.68. The summed E-state index contributed by atoms with van der Waals surface area (Å²) in [4.78, 5) is 12.2. The Bertz CT molecular complexity index is 427. The van der Waals surface area contributed by atoms with Crippen LogP contribution in [-0.2, 0) is 14.3 Å². The monoisotopic (exact) mass is 248 g/mol. The second kappa shape index (κ2) is 4.15. The largest absolute Gasteiger partial charge is 0.486 e. The number of hydrogen-bond donors (Lipinski definition) is 0. The van der Waals surface area contributed by atoms with Crippen molar-refractivity contribution in [3.8, 4) is 0 Å². The lowest BCUT2D eigenvalue weighted by atomic mass is 9.82. The van der Waals surface area contributed by atoms with E-state index in [0.29, 0.717) is 0 Å². The highest BCUT2D eigenvalue weighted by Crippen LogP contribution is 2.47. The molecule has 0 aromatic rings. The number of rotatable bonds is 0. The number of hydrogen-bond acceptors (Lipinski definition) is 3. The molecule has 0 radical (unpaired) electrons. The lowest BCUT2D eigenvalue weighted by molar-refractivity contribution is -0.152. The summed E-state index contributed by atoms with van der Waals surface area (Å²) >= 11 is 0. The maximum absolute atomic E-state index is 12.2. The van der Waals surface area contributed by atoms with E-state index in [0.717, 1.165) is 37.0 Å². The number of carbonyl (C=O) groups excluding carboxylic acids is 1. The molecule has 3 heteroatoms. The van der Waals surface area contributed by atoms with Gasteiger partial charge < -0.3 is 9.47 Å². The van der Waals surface area contributed by atoms with Gasteiger partial charge in [-0.25, -0.2) is 4.79 Å². The molecule has 0 amide bonds. The number of fused-ring (bicyclic) bond motifs is 1. The van der Waals surface area contributed by atoms with Gasteiger partial charge in [0.05, 0.1) is 5.57 Å². The average Bonchev–Trinajstić information content (AvgIpc) is 2.50. The lowest BCUT2D eigenvalue weighted by Crippen LogP contribution is -2.36. The topological polar surface area (TPSA) is 35.5 Å². The first-order valence-electron chi connectivity index (χ1n) is 6.95. The summed E-state index contributed by atoms with van der Waals surface area (Å²) in [7, 11) is 0. The maximum Gasteiger partial charge on any atom is 0.339 e. The van der Waals surface area contributed by atoms with Gasteiger partial charge in [-0.3, -0.25) is 0 Å². The summed E-state index contributed by atoms with van der Waals surface area (Å²) in [5, 5.41) is 0. The van der Waals surface area contributed by atoms with Gasteiger partial charge in [-0.15, -0.1) is 0 Å². The summed E-state index contributed by atoms with van der Waals surface area (Å²) < 4.78 is 11.8. The van der Waals surface area contributed by atoms with E-state index < -0.39 is 5.60 Å². The van der Waals surface area contributed by atoms with Crippen molar-refractivity contribution < 1.29 is 14.3 Å². The van der Waals surface area contributed by atoms with Gasteiger partial charge in [-0.1, -0.05) is 19.4 Å². The van der Waals surface area contributed by atoms with Crippen molar-refractivity contribution >= 4 is 5.97 Å². The summed E-state index contributed by atoms with van der Waals surface area (Å²) in [6.45, 7) is 4.05. The zero-order chi connectivity index (χ0) is 12.8. The molecule has 0 aromatic carbocycles. The minimum atomic E-state index is -0.445. The van der Waals surface area contributed by atoms with E-state index in [9.17, 15) is 4.79 Å². The number of esters is 1. The molecule has 1 fully saturated rings. The number of ether oxygens (including phenoxy) is 2. The van der Waals surface area contributed by atoms with Crippen LogP contribution in [0.15, 0.2) is 23.5 Å². The molecule has 1 spiro atoms. The van der Waals surface area contributed by atoms with Crippen LogP contribution in [0, 0.1) is 5.92 Å². The van der Waals surface area contributed by atoms with Crippen LogP contribution in [0.1, 0.15) is 46.0 Å². The predicted octanol–water partition coefficient (Wildman–Crippen LogP) is 3.11. The summed E-state index contributed by atoms with van der Waals surface area (Å²) in [6, 6.07) is 0. The highest BCUT2D eigenvalue weighted by molar-refractivity contribution is 5.93. The minimum Gasteiger partial charge on any atom is -0.486 e. The van der Waals surface area contributed by atoms with E-state index in [1.807, 2.05) is 19.9 Å². The molecule has 98 valence electrons. The summed E-state index contributed by atoms with van der Waals surface area (Å²) in [6.07, 6.45) is 9.39. The third-order valence-electron chi connectivity index (χ3n) is 4.26. The van der Waals surface area contributed by atoms with Gasteiger partial charge in [-0.05, 0) is 38.7 Å². The molecule has 2 unspecified atom stereocenters. The Labute approximate surface area is 108 Å². The Kier molecular flexibility index (Phi) is 2.72. The third kappa shape index (κ3) is 1.68. The quantitative estimate of drug-likeness (QED) is 0.488. The molecule has 2 heterocycles. The highest BCUT2D eigenvalue weighted by atomic mass is 16.6. The van der Waals surface area contributed by atoms with Crippen LogP contribution in [0.3, 0.4) is 0 Å². The van der Waals surface area contributed by atoms with Gasteiger partial charge in [0.1, 0.15) is 6.10 Å². The fourth-order valence-corrected chi connectivity index (χ4v) is 3.28. The van der Waals surface area contributed by atoms with Gasteiger partial charge in [0, 0.05) is 5.92 Å². The van der Waals surface area contributed by atoms with E-state index in [1.165, 1.54) is 6.42 Å². The highest BCUT2D eigenvalue weighted by Gasteiger charge is 2.51. The molecule has 1 saturated carbocycles. The minimum absolute atomic E-state index is 0.0215. The number of allylic oxidation sites excluding steroid dienone is 1. The molecule has 3 rings (SSSR count). The Balaban J connectivity index is 2.04. The zero-order valence-corrected chi connectivity index (χ0v) is 11.1. The van der Waals surface area contributed by atoms with Crippen molar-refractivity contribution in [1.29, 1.82) is 0 Å². The molecule has 2 aliphatic heterocycles. The van der Waals surface area contributed by atoms with Crippen LogP contribution in [0.25, 0.3) is 0 Å². The normalized spacial score (nSPS) is 34.0. The van der Waals surface area contributed by atoms with E-state index in [-0.39, 0.29) is 18.0 Å². The van der Waals surface area contributed by atoms with Crippen LogP contribution in [-0.4, -0.2) is 17.7 Å². The second-order valence-electron chi connectivity index (χ2n) is 5.68. The molecule has 2 atom stereocenters. The van der Waals surface area contributed by atoms with Crippen LogP contribution >= 0.6 is 0 Å². The van der Waals surface area contributed by atoms with E-state index in [1.54, 1.807) is 0 Å². The molecule has 0 bridgehead atoms. The fourth-order valence-electron chi connectivity index (χ4n) is 3.28. The Morgan fingerprint density at radius 1 is 1.17 bits per heavy atom. The van der Waals surface area contributed by atoms with Crippen molar-refractivity contribution in [1.82, 2.24) is 0 Å². The van der Waals surface area contributed by atoms with Crippen LogP contribution in [0.4, 0.5) is 0 Å². The van der Waals surface area contributed by atoms with Crippen molar-refractivity contribution in [2.45, 2.75) is 57.7 Å². The first-order chi connectivity index (χ1) is 8.62. The van der Waals surface area contributed by atoms with E-state index in [2.05, 4.69) is 6.08 Å². The Morgan fingerprint density at radius 2 is 1.89 bits per heavy atom. The maximum atomic E-state index is 12.2. The summed E-state index contributed by atoms with van der Waals surface area (Å²) in [5.41, 5.74) is 0.302.